The zero-order chi connectivity index (χ0) is 25.4. The van der Waals surface area contributed by atoms with Crippen molar-refractivity contribution in [2.45, 2.75) is 43.4 Å². The first-order chi connectivity index (χ1) is 16.6. The van der Waals surface area contributed by atoms with Crippen LogP contribution in [0.4, 0.5) is 13.2 Å². The fourth-order valence-corrected chi connectivity index (χ4v) is 4.92. The molecule has 3 aromatic rings. The molecule has 6 nitrogen and oxygen atoms in total. The van der Waals surface area contributed by atoms with Gasteiger partial charge in [0.25, 0.3) is 5.56 Å². The number of halogens is 3. The summed E-state index contributed by atoms with van der Waals surface area (Å²) in [6.45, 7) is 5.47. The third-order valence-electron chi connectivity index (χ3n) is 5.78. The number of aliphatic carboxylic acids is 1. The average molecular weight is 508 g/mol. The van der Waals surface area contributed by atoms with E-state index in [4.69, 9.17) is 14.9 Å². The van der Waals surface area contributed by atoms with E-state index in [0.717, 1.165) is 48.7 Å². The van der Waals surface area contributed by atoms with Gasteiger partial charge in [0.1, 0.15) is 5.82 Å². The molecule has 0 aliphatic carbocycles. The van der Waals surface area contributed by atoms with Gasteiger partial charge in [-0.15, -0.1) is 0 Å². The van der Waals surface area contributed by atoms with Crippen LogP contribution in [0.3, 0.4) is 0 Å². The topological polar surface area (TPSA) is 86.3 Å². The lowest BCUT2D eigenvalue weighted by Gasteiger charge is -2.31. The summed E-state index contributed by atoms with van der Waals surface area (Å²) in [4.78, 5) is 31.5. The van der Waals surface area contributed by atoms with Crippen LogP contribution in [0.25, 0.3) is 10.9 Å². The summed E-state index contributed by atoms with van der Waals surface area (Å²) in [5.41, 5.74) is 3.28. The summed E-state index contributed by atoms with van der Waals surface area (Å²) in [5, 5.41) is 8.45. The smallest absolute Gasteiger partial charge is 0.475 e. The molecular weight excluding hydrogens is 479 g/mol. The number of aromatic amines is 1. The minimum atomic E-state index is -5.08. The number of para-hydroxylation sites is 1. The zero-order valence-corrected chi connectivity index (χ0v) is 20.2. The van der Waals surface area contributed by atoms with Crippen molar-refractivity contribution in [2.24, 2.45) is 0 Å². The molecule has 0 saturated carbocycles. The number of carboxylic acid groups (broad SMARTS) is 1. The minimum absolute atomic E-state index is 0.0277. The van der Waals surface area contributed by atoms with Crippen LogP contribution in [-0.2, 0) is 17.0 Å². The van der Waals surface area contributed by atoms with Gasteiger partial charge in [0.05, 0.1) is 16.7 Å². The highest BCUT2D eigenvalue weighted by Gasteiger charge is 2.38. The van der Waals surface area contributed by atoms with Crippen molar-refractivity contribution >= 4 is 28.6 Å². The maximum absolute atomic E-state index is 12.3. The summed E-state index contributed by atoms with van der Waals surface area (Å²) in [6.07, 6.45) is -1.55. The largest absolute Gasteiger partial charge is 0.490 e. The van der Waals surface area contributed by atoms with Gasteiger partial charge in [-0.25, -0.2) is 9.78 Å². The monoisotopic (exact) mass is 507 g/mol. The lowest BCUT2D eigenvalue weighted by Crippen LogP contribution is -2.36. The van der Waals surface area contributed by atoms with Crippen LogP contribution in [0.15, 0.2) is 53.3 Å². The van der Waals surface area contributed by atoms with Crippen molar-refractivity contribution in [3.8, 4) is 0 Å². The van der Waals surface area contributed by atoms with E-state index in [-0.39, 0.29) is 5.56 Å². The van der Waals surface area contributed by atoms with Gasteiger partial charge in [-0.2, -0.15) is 24.9 Å². The Bertz CT molecular complexity index is 1180. The second-order valence-electron chi connectivity index (χ2n) is 8.37. The quantitative estimate of drug-likeness (QED) is 0.498. The summed E-state index contributed by atoms with van der Waals surface area (Å²) in [5.74, 6) is -1.19. The van der Waals surface area contributed by atoms with Gasteiger partial charge in [-0.3, -0.25) is 4.79 Å². The fraction of sp³-hybridized carbons (Fsp3) is 0.400. The number of hydrogen-bond donors (Lipinski definition) is 2. The number of fused-ring (bicyclic) bond motifs is 1. The molecule has 2 aromatic carbocycles. The van der Waals surface area contributed by atoms with Crippen LogP contribution in [0.5, 0.6) is 0 Å². The first-order valence-corrected chi connectivity index (χ1v) is 12.3. The van der Waals surface area contributed by atoms with E-state index < -0.39 is 12.1 Å². The molecule has 0 unspecified atom stereocenters. The average Bonchev–Trinajstić information content (AvgIpc) is 2.83. The number of benzene rings is 2. The van der Waals surface area contributed by atoms with Crippen LogP contribution in [0.1, 0.15) is 29.8 Å². The Morgan fingerprint density at radius 1 is 1.14 bits per heavy atom. The predicted molar refractivity (Wildman–Crippen MR) is 132 cm³/mol. The lowest BCUT2D eigenvalue weighted by atomic mass is 10.1. The van der Waals surface area contributed by atoms with Gasteiger partial charge in [0.2, 0.25) is 0 Å². The molecule has 35 heavy (non-hydrogen) atoms. The number of nitrogens with one attached hydrogen (secondary N) is 1. The molecule has 2 heterocycles. The zero-order valence-electron chi connectivity index (χ0n) is 19.3. The van der Waals surface area contributed by atoms with Gasteiger partial charge in [0.15, 0.2) is 0 Å². The normalized spacial score (nSPS) is 15.0. The van der Waals surface area contributed by atoms with E-state index in [2.05, 4.69) is 40.2 Å². The van der Waals surface area contributed by atoms with E-state index in [1.807, 2.05) is 36.9 Å². The highest BCUT2D eigenvalue weighted by Crippen LogP contribution is 2.26. The Morgan fingerprint density at radius 2 is 1.80 bits per heavy atom. The van der Waals surface area contributed by atoms with Gasteiger partial charge in [0, 0.05) is 11.8 Å². The Kier molecular flexibility index (Phi) is 9.33. The Hall–Kier alpha value is -2.85. The maximum atomic E-state index is 12.3. The molecule has 2 N–H and O–H groups in total. The molecular formula is C25H28F3N3O3S. The third-order valence-corrected chi connectivity index (χ3v) is 7.16. The van der Waals surface area contributed by atoms with E-state index in [1.165, 1.54) is 18.4 Å². The molecule has 1 aromatic heterocycles. The Labute approximate surface area is 205 Å². The number of likely N-dealkylation sites (tertiary alicyclic amines) is 1. The molecule has 1 saturated heterocycles. The standard InChI is InChI=1S/C23H27N3OS.C2HF3O2/c1-17-6-5-9-20-22(17)24-21(25-23(20)27)16-28-19-11-14-26(15-12-19)13-10-18-7-3-2-4-8-18;3-2(4,5)1(6)7/h2-9,19H,10-16H2,1H3,(H,24,25,27);(H,6,7). The molecule has 1 aliphatic rings. The molecule has 0 amide bonds. The first kappa shape index (κ1) is 26.7. The van der Waals surface area contributed by atoms with E-state index in [9.17, 15) is 18.0 Å². The van der Waals surface area contributed by atoms with E-state index in [1.54, 1.807) is 0 Å². The number of nitrogens with zero attached hydrogens (tertiary/aromatic N) is 2. The minimum Gasteiger partial charge on any atom is -0.475 e. The van der Waals surface area contributed by atoms with Gasteiger partial charge < -0.3 is 15.0 Å². The Morgan fingerprint density at radius 3 is 2.43 bits per heavy atom. The lowest BCUT2D eigenvalue weighted by molar-refractivity contribution is -0.192. The number of piperidine rings is 1. The van der Waals surface area contributed by atoms with Crippen molar-refractivity contribution < 1.29 is 23.1 Å². The number of aromatic nitrogens is 2. The highest BCUT2D eigenvalue weighted by molar-refractivity contribution is 7.99. The number of carboxylic acids is 1. The number of rotatable bonds is 6. The maximum Gasteiger partial charge on any atom is 0.490 e. The van der Waals surface area contributed by atoms with Crippen molar-refractivity contribution in [1.82, 2.24) is 14.9 Å². The summed E-state index contributed by atoms with van der Waals surface area (Å²) < 4.78 is 31.7. The van der Waals surface area contributed by atoms with Crippen molar-refractivity contribution in [2.75, 3.05) is 19.6 Å². The number of aryl methyl sites for hydroxylation is 1. The van der Waals surface area contributed by atoms with Gasteiger partial charge in [-0.1, -0.05) is 42.5 Å². The highest BCUT2D eigenvalue weighted by atomic mass is 32.2. The second kappa shape index (κ2) is 12.2. The van der Waals surface area contributed by atoms with Gasteiger partial charge >= 0.3 is 12.1 Å². The fourth-order valence-electron chi connectivity index (χ4n) is 3.85. The molecule has 0 atom stereocenters. The van der Waals surface area contributed by atoms with Gasteiger partial charge in [-0.05, 0) is 56.5 Å². The molecule has 1 fully saturated rings. The second-order valence-corrected chi connectivity index (χ2v) is 9.66. The van der Waals surface area contributed by atoms with Crippen LogP contribution in [-0.4, -0.2) is 57.0 Å². The number of H-pyrrole nitrogens is 1. The number of thioether (sulfide) groups is 1. The van der Waals surface area contributed by atoms with E-state index in [0.29, 0.717) is 10.6 Å². The summed E-state index contributed by atoms with van der Waals surface area (Å²) >= 11 is 1.93. The van der Waals surface area contributed by atoms with Crippen LogP contribution in [0, 0.1) is 6.92 Å². The Balaban J connectivity index is 0.000000429. The van der Waals surface area contributed by atoms with Crippen LogP contribution in [0.2, 0.25) is 0 Å². The predicted octanol–water partition coefficient (Wildman–Crippen LogP) is 4.81. The molecule has 4 rings (SSSR count). The number of carbonyl (C=O) groups is 1. The van der Waals surface area contributed by atoms with Crippen molar-refractivity contribution in [1.29, 1.82) is 0 Å². The van der Waals surface area contributed by atoms with Crippen molar-refractivity contribution in [3.63, 3.8) is 0 Å². The number of alkyl halides is 3. The summed E-state index contributed by atoms with van der Waals surface area (Å²) in [7, 11) is 0. The number of hydrogen-bond acceptors (Lipinski definition) is 5. The molecule has 0 bridgehead atoms. The third kappa shape index (κ3) is 8.10. The van der Waals surface area contributed by atoms with Crippen LogP contribution >= 0.6 is 11.8 Å². The molecule has 10 heteroatoms. The summed E-state index contributed by atoms with van der Waals surface area (Å²) in [6, 6.07) is 16.5. The SMILES string of the molecule is Cc1cccc2c(=O)[nH]c(CSC3CCN(CCc4ccccc4)CC3)nc12.O=C(O)C(F)(F)F. The van der Waals surface area contributed by atoms with E-state index >= 15 is 0 Å². The van der Waals surface area contributed by atoms with Crippen LogP contribution < -0.4 is 5.56 Å². The molecule has 0 spiro atoms. The molecule has 188 valence electrons. The van der Waals surface area contributed by atoms with Crippen molar-refractivity contribution in [3.05, 3.63) is 75.8 Å². The first-order valence-electron chi connectivity index (χ1n) is 11.3. The molecule has 1 aliphatic heterocycles. The molecule has 0 radical (unpaired) electrons.